The Kier molecular flexibility index (Phi) is 8.05. The number of rotatable bonds is 10. The molecule has 0 aliphatic heterocycles. The van der Waals surface area contributed by atoms with Crippen molar-refractivity contribution in [3.63, 3.8) is 0 Å². The maximum absolute atomic E-state index is 12.6. The van der Waals surface area contributed by atoms with E-state index in [1.54, 1.807) is 0 Å². The summed E-state index contributed by atoms with van der Waals surface area (Å²) in [5.74, 6) is 2.25. The van der Waals surface area contributed by atoms with E-state index in [1.807, 2.05) is 98.1 Å². The van der Waals surface area contributed by atoms with E-state index in [-0.39, 0.29) is 18.3 Å². The number of hydrogen-bond donors (Lipinski definition) is 1. The second-order valence-electron chi connectivity index (χ2n) is 7.97. The molecule has 0 bridgehead atoms. The molecule has 0 radical (unpaired) electrons. The van der Waals surface area contributed by atoms with Crippen molar-refractivity contribution >= 4 is 23.4 Å². The summed E-state index contributed by atoms with van der Waals surface area (Å²) in [6.07, 6.45) is 0. The van der Waals surface area contributed by atoms with Gasteiger partial charge in [0, 0.05) is 11.4 Å². The van der Waals surface area contributed by atoms with Crippen LogP contribution in [0.5, 0.6) is 11.5 Å². The van der Waals surface area contributed by atoms with Crippen LogP contribution in [0.25, 0.3) is 5.69 Å². The van der Waals surface area contributed by atoms with Crippen LogP contribution in [-0.4, -0.2) is 33.0 Å². The summed E-state index contributed by atoms with van der Waals surface area (Å²) in [4.78, 5) is 12.6. The zero-order valence-electron chi connectivity index (χ0n) is 20.0. The maximum Gasteiger partial charge on any atom is 0.234 e. The predicted molar refractivity (Wildman–Crippen MR) is 139 cm³/mol. The molecule has 1 heterocycles. The summed E-state index contributed by atoms with van der Waals surface area (Å²) in [5.41, 5.74) is 3.95. The molecule has 7 nitrogen and oxygen atoms in total. The molecular formula is C27H28N4O3S. The molecule has 180 valence electrons. The third-order valence-corrected chi connectivity index (χ3v) is 6.09. The zero-order chi connectivity index (χ0) is 24.6. The minimum atomic E-state index is -0.130. The van der Waals surface area contributed by atoms with Crippen LogP contribution >= 0.6 is 11.8 Å². The standard InChI is InChI=1S/C27H28N4O3S/c1-4-33-23-15-9-21(10-16-23)28-26(32)18-35-27-30-29-25(17-34-24-13-7-20(3)8-14-24)31(27)22-11-5-19(2)6-12-22/h5-16H,4,17-18H2,1-3H3,(H,28,32). The van der Waals surface area contributed by atoms with Gasteiger partial charge in [0.05, 0.1) is 12.4 Å². The van der Waals surface area contributed by atoms with Crippen molar-refractivity contribution in [3.05, 3.63) is 89.7 Å². The number of aromatic nitrogens is 3. The van der Waals surface area contributed by atoms with Crippen LogP contribution in [-0.2, 0) is 11.4 Å². The highest BCUT2D eigenvalue weighted by molar-refractivity contribution is 7.99. The van der Waals surface area contributed by atoms with Crippen LogP contribution in [0.1, 0.15) is 23.9 Å². The average molecular weight is 489 g/mol. The average Bonchev–Trinajstić information content (AvgIpc) is 3.27. The number of nitrogens with one attached hydrogen (secondary N) is 1. The molecule has 1 N–H and O–H groups in total. The van der Waals surface area contributed by atoms with Crippen molar-refractivity contribution in [1.82, 2.24) is 14.8 Å². The molecule has 3 aromatic carbocycles. The highest BCUT2D eigenvalue weighted by Crippen LogP contribution is 2.24. The van der Waals surface area contributed by atoms with Crippen LogP contribution in [0.3, 0.4) is 0 Å². The number of hydrogen-bond acceptors (Lipinski definition) is 6. The molecule has 0 atom stereocenters. The molecule has 0 saturated carbocycles. The number of anilines is 1. The van der Waals surface area contributed by atoms with E-state index in [2.05, 4.69) is 15.5 Å². The van der Waals surface area contributed by atoms with E-state index in [4.69, 9.17) is 9.47 Å². The molecule has 0 fully saturated rings. The summed E-state index contributed by atoms with van der Waals surface area (Å²) in [6.45, 7) is 6.86. The largest absolute Gasteiger partial charge is 0.494 e. The fraction of sp³-hybridized carbons (Fsp3) is 0.222. The first-order valence-corrected chi connectivity index (χ1v) is 12.4. The first-order chi connectivity index (χ1) is 17.0. The Bertz CT molecular complexity index is 1250. The predicted octanol–water partition coefficient (Wildman–Crippen LogP) is 5.59. The number of benzene rings is 3. The van der Waals surface area contributed by atoms with E-state index < -0.39 is 0 Å². The van der Waals surface area contributed by atoms with Gasteiger partial charge in [-0.25, -0.2) is 0 Å². The first kappa shape index (κ1) is 24.3. The van der Waals surface area contributed by atoms with Crippen molar-refractivity contribution in [2.45, 2.75) is 32.5 Å². The lowest BCUT2D eigenvalue weighted by atomic mass is 10.2. The Labute approximate surface area is 209 Å². The Hall–Kier alpha value is -3.78. The summed E-state index contributed by atoms with van der Waals surface area (Å²) in [5, 5.41) is 12.2. The topological polar surface area (TPSA) is 78.3 Å². The van der Waals surface area contributed by atoms with Crippen molar-refractivity contribution in [2.75, 3.05) is 17.7 Å². The Morgan fingerprint density at radius 2 is 1.46 bits per heavy atom. The molecule has 8 heteroatoms. The van der Waals surface area contributed by atoms with Gasteiger partial charge in [-0.2, -0.15) is 0 Å². The molecule has 0 spiro atoms. The van der Waals surface area contributed by atoms with Crippen LogP contribution < -0.4 is 14.8 Å². The highest BCUT2D eigenvalue weighted by atomic mass is 32.2. The third kappa shape index (κ3) is 6.64. The van der Waals surface area contributed by atoms with Crippen molar-refractivity contribution in [3.8, 4) is 17.2 Å². The normalized spacial score (nSPS) is 10.7. The first-order valence-electron chi connectivity index (χ1n) is 11.4. The number of carbonyl (C=O) groups is 1. The van der Waals surface area contributed by atoms with Crippen LogP contribution in [0.2, 0.25) is 0 Å². The van der Waals surface area contributed by atoms with Crippen LogP contribution in [0.4, 0.5) is 5.69 Å². The number of nitrogens with zero attached hydrogens (tertiary/aromatic N) is 3. The highest BCUT2D eigenvalue weighted by Gasteiger charge is 2.17. The molecule has 4 rings (SSSR count). The van der Waals surface area contributed by atoms with Gasteiger partial charge in [-0.3, -0.25) is 9.36 Å². The van der Waals surface area contributed by atoms with Gasteiger partial charge in [0.1, 0.15) is 18.1 Å². The minimum absolute atomic E-state index is 0.130. The summed E-state index contributed by atoms with van der Waals surface area (Å²) < 4.78 is 13.3. The Morgan fingerprint density at radius 3 is 2.11 bits per heavy atom. The molecule has 1 aromatic heterocycles. The molecule has 1 amide bonds. The smallest absolute Gasteiger partial charge is 0.234 e. The van der Waals surface area contributed by atoms with Crippen molar-refractivity contribution in [2.24, 2.45) is 0 Å². The SMILES string of the molecule is CCOc1ccc(NC(=O)CSc2nnc(COc3ccc(C)cc3)n2-c2ccc(C)cc2)cc1. The zero-order valence-corrected chi connectivity index (χ0v) is 20.8. The molecular weight excluding hydrogens is 460 g/mol. The number of amides is 1. The lowest BCUT2D eigenvalue weighted by Crippen LogP contribution is -2.14. The van der Waals surface area contributed by atoms with Gasteiger partial charge in [-0.15, -0.1) is 10.2 Å². The molecule has 4 aromatic rings. The number of aryl methyl sites for hydroxylation is 2. The fourth-order valence-corrected chi connectivity index (χ4v) is 4.12. The molecule has 35 heavy (non-hydrogen) atoms. The monoisotopic (exact) mass is 488 g/mol. The van der Waals surface area contributed by atoms with Crippen LogP contribution in [0.15, 0.2) is 78.0 Å². The van der Waals surface area contributed by atoms with E-state index in [1.165, 1.54) is 17.3 Å². The van der Waals surface area contributed by atoms with Gasteiger partial charge in [0.15, 0.2) is 11.0 Å². The van der Waals surface area contributed by atoms with E-state index in [9.17, 15) is 4.79 Å². The number of thioether (sulfide) groups is 1. The Morgan fingerprint density at radius 1 is 0.857 bits per heavy atom. The molecule has 0 aliphatic carbocycles. The minimum Gasteiger partial charge on any atom is -0.494 e. The fourth-order valence-electron chi connectivity index (χ4n) is 3.35. The third-order valence-electron chi connectivity index (χ3n) is 5.16. The van der Waals surface area contributed by atoms with Gasteiger partial charge < -0.3 is 14.8 Å². The van der Waals surface area contributed by atoms with E-state index in [0.29, 0.717) is 23.3 Å². The molecule has 0 aliphatic rings. The van der Waals surface area contributed by atoms with Gasteiger partial charge >= 0.3 is 0 Å². The van der Waals surface area contributed by atoms with E-state index >= 15 is 0 Å². The Balaban J connectivity index is 1.46. The molecule has 0 unspecified atom stereocenters. The summed E-state index contributed by atoms with van der Waals surface area (Å²) in [7, 11) is 0. The quantitative estimate of drug-likeness (QED) is 0.293. The second-order valence-corrected chi connectivity index (χ2v) is 8.91. The number of carbonyl (C=O) groups excluding carboxylic acids is 1. The second kappa shape index (κ2) is 11.6. The van der Waals surface area contributed by atoms with Gasteiger partial charge in [0.2, 0.25) is 5.91 Å². The molecule has 0 saturated heterocycles. The summed E-state index contributed by atoms with van der Waals surface area (Å²) in [6, 6.07) is 23.3. The lowest BCUT2D eigenvalue weighted by molar-refractivity contribution is -0.113. The van der Waals surface area contributed by atoms with Crippen LogP contribution in [0, 0.1) is 13.8 Å². The van der Waals surface area contributed by atoms with E-state index in [0.717, 1.165) is 22.7 Å². The number of ether oxygens (including phenoxy) is 2. The van der Waals surface area contributed by atoms with Gasteiger partial charge in [-0.05, 0) is 69.3 Å². The summed E-state index contributed by atoms with van der Waals surface area (Å²) >= 11 is 1.33. The maximum atomic E-state index is 12.6. The van der Waals surface area contributed by atoms with Gasteiger partial charge in [-0.1, -0.05) is 47.2 Å². The lowest BCUT2D eigenvalue weighted by Gasteiger charge is -2.12. The van der Waals surface area contributed by atoms with Gasteiger partial charge in [0.25, 0.3) is 0 Å². The van der Waals surface area contributed by atoms with Crippen molar-refractivity contribution < 1.29 is 14.3 Å². The van der Waals surface area contributed by atoms with Crippen molar-refractivity contribution in [1.29, 1.82) is 0 Å².